The average Bonchev–Trinajstić information content (AvgIpc) is 3.30. The van der Waals surface area contributed by atoms with Gasteiger partial charge in [0, 0.05) is 30.7 Å². The quantitative estimate of drug-likeness (QED) is 0.914. The van der Waals surface area contributed by atoms with Crippen LogP contribution >= 0.6 is 0 Å². The van der Waals surface area contributed by atoms with Gasteiger partial charge in [-0.25, -0.2) is 0 Å². The van der Waals surface area contributed by atoms with E-state index in [2.05, 4.69) is 24.4 Å². The number of rotatable bonds is 4. The van der Waals surface area contributed by atoms with E-state index in [0.29, 0.717) is 6.04 Å². The van der Waals surface area contributed by atoms with Crippen LogP contribution in [0.25, 0.3) is 0 Å². The average molecular weight is 272 g/mol. The summed E-state index contributed by atoms with van der Waals surface area (Å²) < 4.78 is 0. The molecule has 0 radical (unpaired) electrons. The van der Waals surface area contributed by atoms with Gasteiger partial charge < -0.3 is 10.2 Å². The van der Waals surface area contributed by atoms with E-state index in [-0.39, 0.29) is 5.91 Å². The maximum atomic E-state index is 12.5. The van der Waals surface area contributed by atoms with Crippen molar-refractivity contribution in [3.05, 3.63) is 35.4 Å². The number of hydrogen-bond acceptors (Lipinski definition) is 2. The molecule has 3 rings (SSSR count). The fourth-order valence-corrected chi connectivity index (χ4v) is 2.88. The Morgan fingerprint density at radius 3 is 2.60 bits per heavy atom. The third-order valence-corrected chi connectivity index (χ3v) is 4.44. The second kappa shape index (κ2) is 5.96. The molecule has 20 heavy (non-hydrogen) atoms. The van der Waals surface area contributed by atoms with E-state index in [1.54, 1.807) is 0 Å². The van der Waals surface area contributed by atoms with Crippen molar-refractivity contribution in [2.45, 2.75) is 57.7 Å². The van der Waals surface area contributed by atoms with Crippen LogP contribution in [0.1, 0.15) is 54.9 Å². The largest absolute Gasteiger partial charge is 0.336 e. The number of amides is 1. The van der Waals surface area contributed by atoms with Gasteiger partial charge in [0.05, 0.1) is 0 Å². The van der Waals surface area contributed by atoms with Gasteiger partial charge in [-0.3, -0.25) is 4.79 Å². The highest BCUT2D eigenvalue weighted by Gasteiger charge is 2.24. The topological polar surface area (TPSA) is 32.3 Å². The molecule has 108 valence electrons. The minimum Gasteiger partial charge on any atom is -0.336 e. The van der Waals surface area contributed by atoms with Crippen molar-refractivity contribution in [3.8, 4) is 0 Å². The van der Waals surface area contributed by atoms with E-state index in [4.69, 9.17) is 0 Å². The minimum atomic E-state index is 0.193. The maximum Gasteiger partial charge on any atom is 0.254 e. The Bertz CT molecular complexity index is 464. The number of nitrogens with one attached hydrogen (secondary N) is 1. The van der Waals surface area contributed by atoms with Crippen LogP contribution in [0.5, 0.6) is 0 Å². The molecule has 1 N–H and O–H groups in total. The Labute approximate surface area is 121 Å². The summed E-state index contributed by atoms with van der Waals surface area (Å²) in [4.78, 5) is 14.5. The molecule has 1 saturated heterocycles. The first kappa shape index (κ1) is 13.6. The third kappa shape index (κ3) is 3.21. The van der Waals surface area contributed by atoms with Crippen molar-refractivity contribution in [3.63, 3.8) is 0 Å². The summed E-state index contributed by atoms with van der Waals surface area (Å²) in [5, 5.41) is 3.50. The number of carbonyl (C=O) groups excluding carboxylic acids is 1. The summed E-state index contributed by atoms with van der Waals surface area (Å²) in [5.74, 6) is 0.193. The summed E-state index contributed by atoms with van der Waals surface area (Å²) in [6.07, 6.45) is 6.14. The summed E-state index contributed by atoms with van der Waals surface area (Å²) in [6, 6.07) is 9.23. The fourth-order valence-electron chi connectivity index (χ4n) is 2.88. The minimum absolute atomic E-state index is 0.193. The van der Waals surface area contributed by atoms with Crippen LogP contribution in [-0.4, -0.2) is 29.4 Å². The van der Waals surface area contributed by atoms with Gasteiger partial charge in [-0.1, -0.05) is 12.1 Å². The van der Waals surface area contributed by atoms with Crippen molar-refractivity contribution >= 4 is 5.91 Å². The van der Waals surface area contributed by atoms with Crippen LogP contribution in [0.3, 0.4) is 0 Å². The Kier molecular flexibility index (Phi) is 4.06. The van der Waals surface area contributed by atoms with Gasteiger partial charge >= 0.3 is 0 Å². The summed E-state index contributed by atoms with van der Waals surface area (Å²) in [6.45, 7) is 3.98. The van der Waals surface area contributed by atoms with Gasteiger partial charge in [0.25, 0.3) is 5.91 Å². The molecule has 1 aromatic rings. The van der Waals surface area contributed by atoms with Gasteiger partial charge in [0.2, 0.25) is 0 Å². The SMILES string of the molecule is CC1CCCCN1C(=O)c1ccc(CNC2CC2)cc1. The van der Waals surface area contributed by atoms with Gasteiger partial charge in [-0.2, -0.15) is 0 Å². The molecule has 3 heteroatoms. The molecule has 1 atom stereocenters. The van der Waals surface area contributed by atoms with E-state index < -0.39 is 0 Å². The zero-order valence-corrected chi connectivity index (χ0v) is 12.3. The molecule has 1 unspecified atom stereocenters. The zero-order chi connectivity index (χ0) is 13.9. The number of piperidine rings is 1. The number of likely N-dealkylation sites (tertiary alicyclic amines) is 1. The first-order chi connectivity index (χ1) is 9.74. The molecule has 1 heterocycles. The lowest BCUT2D eigenvalue weighted by Crippen LogP contribution is -2.42. The van der Waals surface area contributed by atoms with Gasteiger partial charge in [-0.05, 0) is 56.7 Å². The van der Waals surface area contributed by atoms with Crippen LogP contribution in [0, 0.1) is 0 Å². The lowest BCUT2D eigenvalue weighted by molar-refractivity contribution is 0.0635. The number of hydrogen-bond donors (Lipinski definition) is 1. The van der Waals surface area contributed by atoms with E-state index in [1.807, 2.05) is 17.0 Å². The summed E-state index contributed by atoms with van der Waals surface area (Å²) in [5.41, 5.74) is 2.09. The van der Waals surface area contributed by atoms with Gasteiger partial charge in [0.1, 0.15) is 0 Å². The Balaban J connectivity index is 1.61. The third-order valence-electron chi connectivity index (χ3n) is 4.44. The highest BCUT2D eigenvalue weighted by atomic mass is 16.2. The highest BCUT2D eigenvalue weighted by Crippen LogP contribution is 2.21. The molecule has 1 aliphatic carbocycles. The molecular weight excluding hydrogens is 248 g/mol. The van der Waals surface area contributed by atoms with E-state index in [1.165, 1.54) is 24.8 Å². The lowest BCUT2D eigenvalue weighted by Gasteiger charge is -2.33. The van der Waals surface area contributed by atoms with Crippen molar-refractivity contribution in [2.24, 2.45) is 0 Å². The van der Waals surface area contributed by atoms with Crippen molar-refractivity contribution < 1.29 is 4.79 Å². The van der Waals surface area contributed by atoms with E-state index in [9.17, 15) is 4.79 Å². The van der Waals surface area contributed by atoms with Crippen LogP contribution in [0.2, 0.25) is 0 Å². The van der Waals surface area contributed by atoms with Gasteiger partial charge in [0.15, 0.2) is 0 Å². The molecule has 1 aromatic carbocycles. The monoisotopic (exact) mass is 272 g/mol. The first-order valence-electron chi connectivity index (χ1n) is 7.87. The number of nitrogens with zero attached hydrogens (tertiary/aromatic N) is 1. The standard InChI is InChI=1S/C17H24N2O/c1-13-4-2-3-11-19(13)17(20)15-7-5-14(6-8-15)12-18-16-9-10-16/h5-8,13,16,18H,2-4,9-12H2,1H3. The second-order valence-electron chi connectivity index (χ2n) is 6.20. The van der Waals surface area contributed by atoms with Crippen LogP contribution in [0.4, 0.5) is 0 Å². The molecule has 0 aromatic heterocycles. The molecule has 2 aliphatic rings. The molecular formula is C17H24N2O. The Hall–Kier alpha value is -1.35. The number of benzene rings is 1. The molecule has 1 saturated carbocycles. The molecule has 1 aliphatic heterocycles. The van der Waals surface area contributed by atoms with Gasteiger partial charge in [-0.15, -0.1) is 0 Å². The molecule has 0 bridgehead atoms. The predicted molar refractivity (Wildman–Crippen MR) is 80.7 cm³/mol. The first-order valence-corrected chi connectivity index (χ1v) is 7.87. The van der Waals surface area contributed by atoms with E-state index in [0.717, 1.165) is 37.5 Å². The summed E-state index contributed by atoms with van der Waals surface area (Å²) in [7, 11) is 0. The fraction of sp³-hybridized carbons (Fsp3) is 0.588. The predicted octanol–water partition coefficient (Wildman–Crippen LogP) is 2.95. The lowest BCUT2D eigenvalue weighted by atomic mass is 10.0. The highest BCUT2D eigenvalue weighted by molar-refractivity contribution is 5.94. The van der Waals surface area contributed by atoms with Crippen LogP contribution in [0.15, 0.2) is 24.3 Å². The Morgan fingerprint density at radius 2 is 1.95 bits per heavy atom. The smallest absolute Gasteiger partial charge is 0.254 e. The van der Waals surface area contributed by atoms with E-state index >= 15 is 0 Å². The van der Waals surface area contributed by atoms with Crippen LogP contribution < -0.4 is 5.32 Å². The van der Waals surface area contributed by atoms with Crippen molar-refractivity contribution in [1.29, 1.82) is 0 Å². The molecule has 1 amide bonds. The number of carbonyl (C=O) groups is 1. The molecule has 2 fully saturated rings. The second-order valence-corrected chi connectivity index (χ2v) is 6.20. The normalized spacial score (nSPS) is 22.9. The molecule has 3 nitrogen and oxygen atoms in total. The Morgan fingerprint density at radius 1 is 1.20 bits per heavy atom. The van der Waals surface area contributed by atoms with Crippen LogP contribution in [-0.2, 0) is 6.54 Å². The van der Waals surface area contributed by atoms with Crippen molar-refractivity contribution in [1.82, 2.24) is 10.2 Å². The maximum absolute atomic E-state index is 12.5. The molecule has 0 spiro atoms. The van der Waals surface area contributed by atoms with Crippen molar-refractivity contribution in [2.75, 3.05) is 6.54 Å². The zero-order valence-electron chi connectivity index (χ0n) is 12.3. The summed E-state index contributed by atoms with van der Waals surface area (Å²) >= 11 is 0.